The van der Waals surface area contributed by atoms with Crippen LogP contribution in [0.2, 0.25) is 0 Å². The van der Waals surface area contributed by atoms with E-state index in [0.29, 0.717) is 0 Å². The highest BCUT2D eigenvalue weighted by molar-refractivity contribution is 7.98. The molecule has 1 rings (SSSR count). The summed E-state index contributed by atoms with van der Waals surface area (Å²) in [6.45, 7) is 0. The van der Waals surface area contributed by atoms with E-state index in [1.54, 1.807) is 23.5 Å². The van der Waals surface area contributed by atoms with Crippen molar-refractivity contribution in [3.05, 3.63) is 34.9 Å². The Kier molecular flexibility index (Phi) is 4.92. The van der Waals surface area contributed by atoms with E-state index in [4.69, 9.17) is 5.26 Å². The topological polar surface area (TPSA) is 23.8 Å². The van der Waals surface area contributed by atoms with Crippen LogP contribution in [0.15, 0.2) is 18.2 Å². The molecule has 14 heavy (non-hydrogen) atoms. The number of hydrogen-bond donors (Lipinski definition) is 0. The summed E-state index contributed by atoms with van der Waals surface area (Å²) in [7, 11) is 0. The van der Waals surface area contributed by atoms with Gasteiger partial charge < -0.3 is 0 Å². The van der Waals surface area contributed by atoms with Crippen LogP contribution in [0.4, 0.5) is 0 Å². The maximum Gasteiger partial charge on any atom is 0.0991 e. The fraction of sp³-hybridized carbons (Fsp3) is 0.364. The first-order valence-corrected chi connectivity index (χ1v) is 7.09. The molecule has 0 aromatic heterocycles. The van der Waals surface area contributed by atoms with Gasteiger partial charge >= 0.3 is 0 Å². The number of thioether (sulfide) groups is 2. The molecule has 1 aromatic rings. The minimum Gasteiger partial charge on any atom is -0.192 e. The third-order valence-electron chi connectivity index (χ3n) is 1.80. The van der Waals surface area contributed by atoms with Crippen LogP contribution < -0.4 is 0 Å². The molecule has 0 aliphatic rings. The first kappa shape index (κ1) is 11.5. The highest BCUT2D eigenvalue weighted by atomic mass is 32.2. The van der Waals surface area contributed by atoms with Crippen molar-refractivity contribution in [1.82, 2.24) is 0 Å². The molecule has 0 aliphatic heterocycles. The molecule has 0 N–H and O–H groups in total. The molecule has 1 nitrogen and oxygen atoms in total. The lowest BCUT2D eigenvalue weighted by Crippen LogP contribution is -1.88. The lowest BCUT2D eigenvalue weighted by atomic mass is 10.1. The normalized spacial score (nSPS) is 9.79. The Morgan fingerprint density at radius 2 is 1.57 bits per heavy atom. The molecule has 0 amide bonds. The highest BCUT2D eigenvalue weighted by Gasteiger charge is 2.00. The largest absolute Gasteiger partial charge is 0.192 e. The van der Waals surface area contributed by atoms with E-state index in [9.17, 15) is 0 Å². The molecule has 0 spiro atoms. The van der Waals surface area contributed by atoms with Crippen LogP contribution in [0.1, 0.15) is 16.7 Å². The molecule has 3 heteroatoms. The molecule has 0 saturated carbocycles. The Morgan fingerprint density at radius 3 is 1.93 bits per heavy atom. The summed E-state index contributed by atoms with van der Waals surface area (Å²) in [5.74, 6) is 1.97. The van der Waals surface area contributed by atoms with Crippen LogP contribution in [0, 0.1) is 11.3 Å². The van der Waals surface area contributed by atoms with Gasteiger partial charge in [-0.25, -0.2) is 0 Å². The van der Waals surface area contributed by atoms with E-state index in [-0.39, 0.29) is 0 Å². The Hall–Kier alpha value is -0.590. The summed E-state index contributed by atoms with van der Waals surface area (Å²) in [6, 6.07) is 8.34. The lowest BCUT2D eigenvalue weighted by Gasteiger charge is -2.04. The van der Waals surface area contributed by atoms with E-state index < -0.39 is 0 Å². The average molecular weight is 223 g/mol. The van der Waals surface area contributed by atoms with Gasteiger partial charge in [0.05, 0.1) is 11.6 Å². The number of nitriles is 1. The molecule has 0 bridgehead atoms. The van der Waals surface area contributed by atoms with Gasteiger partial charge in [-0.05, 0) is 35.8 Å². The number of hydrogen-bond acceptors (Lipinski definition) is 3. The van der Waals surface area contributed by atoms with Crippen LogP contribution >= 0.6 is 23.5 Å². The van der Waals surface area contributed by atoms with Gasteiger partial charge in [0, 0.05) is 11.5 Å². The molecule has 0 saturated heterocycles. The van der Waals surface area contributed by atoms with Gasteiger partial charge in [-0.3, -0.25) is 0 Å². The Labute approximate surface area is 93.9 Å². The molecular formula is C11H13NS2. The Bertz CT molecular complexity index is 317. The van der Waals surface area contributed by atoms with Crippen molar-refractivity contribution in [2.75, 3.05) is 12.5 Å². The van der Waals surface area contributed by atoms with E-state index in [2.05, 4.69) is 24.6 Å². The van der Waals surface area contributed by atoms with Crippen molar-refractivity contribution in [1.29, 1.82) is 5.26 Å². The first-order chi connectivity index (χ1) is 6.80. The second kappa shape index (κ2) is 6.00. The van der Waals surface area contributed by atoms with Gasteiger partial charge in [0.1, 0.15) is 0 Å². The summed E-state index contributed by atoms with van der Waals surface area (Å²) >= 11 is 3.57. The lowest BCUT2D eigenvalue weighted by molar-refractivity contribution is 1.31. The first-order valence-electron chi connectivity index (χ1n) is 4.31. The minimum atomic E-state index is 0.778. The van der Waals surface area contributed by atoms with Crippen molar-refractivity contribution >= 4 is 23.5 Å². The molecule has 0 fully saturated rings. The SMILES string of the molecule is CSCc1cc(C#N)cc(CSC)c1. The smallest absolute Gasteiger partial charge is 0.0991 e. The zero-order valence-corrected chi connectivity index (χ0v) is 10.0. The van der Waals surface area contributed by atoms with Crippen LogP contribution in [-0.2, 0) is 11.5 Å². The third kappa shape index (κ3) is 3.28. The molecule has 0 atom stereocenters. The van der Waals surface area contributed by atoms with E-state index in [1.807, 2.05) is 12.1 Å². The van der Waals surface area contributed by atoms with Crippen LogP contribution in [0.3, 0.4) is 0 Å². The Morgan fingerprint density at radius 1 is 1.07 bits per heavy atom. The van der Waals surface area contributed by atoms with Gasteiger partial charge in [0.25, 0.3) is 0 Å². The zero-order chi connectivity index (χ0) is 10.4. The quantitative estimate of drug-likeness (QED) is 0.782. The second-order valence-electron chi connectivity index (χ2n) is 3.02. The van der Waals surface area contributed by atoms with Crippen molar-refractivity contribution in [3.8, 4) is 6.07 Å². The van der Waals surface area contributed by atoms with Crippen molar-refractivity contribution in [2.45, 2.75) is 11.5 Å². The second-order valence-corrected chi connectivity index (χ2v) is 4.75. The zero-order valence-electron chi connectivity index (χ0n) is 8.41. The van der Waals surface area contributed by atoms with Crippen molar-refractivity contribution in [3.63, 3.8) is 0 Å². The fourth-order valence-electron chi connectivity index (χ4n) is 1.33. The third-order valence-corrected chi connectivity index (χ3v) is 3.05. The molecule has 0 radical (unpaired) electrons. The highest BCUT2D eigenvalue weighted by Crippen LogP contribution is 2.17. The number of nitrogens with zero attached hydrogens (tertiary/aromatic N) is 1. The summed E-state index contributed by atoms with van der Waals surface area (Å²) in [5.41, 5.74) is 3.28. The van der Waals surface area contributed by atoms with Gasteiger partial charge in [-0.15, -0.1) is 0 Å². The molecule has 0 unspecified atom stereocenters. The monoisotopic (exact) mass is 223 g/mol. The van der Waals surface area contributed by atoms with Gasteiger partial charge in [0.15, 0.2) is 0 Å². The van der Waals surface area contributed by atoms with Crippen LogP contribution in [-0.4, -0.2) is 12.5 Å². The van der Waals surface area contributed by atoms with E-state index in [0.717, 1.165) is 17.1 Å². The van der Waals surface area contributed by atoms with Gasteiger partial charge in [-0.2, -0.15) is 28.8 Å². The van der Waals surface area contributed by atoms with Crippen LogP contribution in [0.5, 0.6) is 0 Å². The maximum absolute atomic E-state index is 8.86. The minimum absolute atomic E-state index is 0.778. The predicted molar refractivity (Wildman–Crippen MR) is 65.6 cm³/mol. The number of benzene rings is 1. The summed E-state index contributed by atoms with van der Waals surface area (Å²) in [5, 5.41) is 8.86. The van der Waals surface area contributed by atoms with Crippen LogP contribution in [0.25, 0.3) is 0 Å². The molecule has 0 aliphatic carbocycles. The predicted octanol–water partition coefficient (Wildman–Crippen LogP) is 3.28. The summed E-state index contributed by atoms with van der Waals surface area (Å²) in [6.07, 6.45) is 4.15. The fourth-order valence-corrected chi connectivity index (χ4v) is 2.33. The maximum atomic E-state index is 8.86. The molecule has 1 aromatic carbocycles. The summed E-state index contributed by atoms with van der Waals surface area (Å²) < 4.78 is 0. The van der Waals surface area contributed by atoms with Gasteiger partial charge in [-0.1, -0.05) is 6.07 Å². The average Bonchev–Trinajstić information content (AvgIpc) is 2.18. The molecule has 0 heterocycles. The van der Waals surface area contributed by atoms with Crippen molar-refractivity contribution < 1.29 is 0 Å². The van der Waals surface area contributed by atoms with E-state index in [1.165, 1.54) is 11.1 Å². The van der Waals surface area contributed by atoms with Gasteiger partial charge in [0.2, 0.25) is 0 Å². The molecular weight excluding hydrogens is 210 g/mol. The van der Waals surface area contributed by atoms with E-state index >= 15 is 0 Å². The molecule has 74 valence electrons. The number of rotatable bonds is 4. The summed E-state index contributed by atoms with van der Waals surface area (Å²) in [4.78, 5) is 0. The van der Waals surface area contributed by atoms with Crippen molar-refractivity contribution in [2.24, 2.45) is 0 Å². The standard InChI is InChI=1S/C11H13NS2/c1-13-7-10-3-9(6-12)4-11(5-10)8-14-2/h3-5H,7-8H2,1-2H3. The Balaban J connectivity index is 2.95.